The predicted molar refractivity (Wildman–Crippen MR) is 376 cm³/mol. The van der Waals surface area contributed by atoms with E-state index in [1.165, 1.54) is 186 Å². The minimum atomic E-state index is -6.13. The summed E-state index contributed by atoms with van der Waals surface area (Å²) in [7, 11) is 0. The van der Waals surface area contributed by atoms with Gasteiger partial charge in [-0.1, -0.05) is 278 Å². The van der Waals surface area contributed by atoms with Crippen molar-refractivity contribution in [3.05, 3.63) is 157 Å². The van der Waals surface area contributed by atoms with E-state index in [4.69, 9.17) is 9.47 Å². The Bertz CT molecular complexity index is 3230. The van der Waals surface area contributed by atoms with Gasteiger partial charge in [-0.05, 0) is 49.2 Å². The van der Waals surface area contributed by atoms with E-state index in [0.29, 0.717) is 23.0 Å². The van der Waals surface area contributed by atoms with Gasteiger partial charge in [-0.2, -0.15) is 127 Å². The molecule has 0 atom stereocenters. The second-order valence-electron chi connectivity index (χ2n) is 27.4. The average Bonchev–Trinajstić information content (AvgIpc) is 0.735. The summed E-state index contributed by atoms with van der Waals surface area (Å²) in [6, 6.07) is -0.904. The number of hydrogen-bond acceptors (Lipinski definition) is 6. The molecule has 0 saturated carbocycles. The lowest BCUT2D eigenvalue weighted by molar-refractivity contribution is -0.585. The fourth-order valence-electron chi connectivity index (χ4n) is 12.9. The number of thiophene rings is 2. The van der Waals surface area contributed by atoms with E-state index in [1.807, 2.05) is 12.1 Å². The van der Waals surface area contributed by atoms with E-state index in [-0.39, 0.29) is 11.9 Å². The number of rotatable bonds is 42. The fraction of sp³-hybridized carbons (Fsp3) is 0.564. The van der Waals surface area contributed by atoms with Crippen LogP contribution in [0.3, 0.4) is 0 Å². The maximum absolute atomic E-state index is 14.2. The van der Waals surface area contributed by atoms with Gasteiger partial charge in [0, 0.05) is 12.1 Å². The quantitative estimate of drug-likeness (QED) is 0.0126. The SMILES string of the molecule is CCCCCCCCCCCCCCCCCCOC(=O)c1ccc([I+]c2ccc(C(=O)OCCCCCCCCCCCCCCCCCC)s2)s1.FC(F)(F)c1cc([B-](c2cc(C(F)(F)F)cc(C(F)(F)F)c2)(c2cc(C(F)(F)F)cc(C(F)(F)F)c2)c2cc(C(F)(F)F)cc(C(F)(F)F)c2)cc(C(F)(F)F)c1. The molecular formula is C78H90BF24IO4S2. The molecule has 6 rings (SSSR count). The van der Waals surface area contributed by atoms with Gasteiger partial charge in [0.2, 0.25) is 5.77 Å². The Morgan fingerprint density at radius 2 is 0.445 bits per heavy atom. The Labute approximate surface area is 643 Å². The molecule has 0 radical (unpaired) electrons. The van der Waals surface area contributed by atoms with E-state index in [1.54, 1.807) is 22.7 Å². The number of carbonyl (C=O) groups is 2. The summed E-state index contributed by atoms with van der Waals surface area (Å²) in [5.41, 5.74) is -30.2. The first-order valence-corrected chi connectivity index (χ1v) is 40.7. The average molecular weight is 1750 g/mol. The van der Waals surface area contributed by atoms with E-state index >= 15 is 0 Å². The molecule has 0 aliphatic rings. The minimum absolute atomic E-state index is 0.198. The number of benzene rings is 4. The van der Waals surface area contributed by atoms with Gasteiger partial charge >= 0.3 is 82.6 Å². The molecule has 0 saturated heterocycles. The molecule has 110 heavy (non-hydrogen) atoms. The highest BCUT2D eigenvalue weighted by atomic mass is 127. The van der Waals surface area contributed by atoms with Crippen LogP contribution in [0.4, 0.5) is 105 Å². The van der Waals surface area contributed by atoms with Crippen LogP contribution < -0.4 is 43.1 Å². The fourth-order valence-corrected chi connectivity index (χ4v) is 19.0. The van der Waals surface area contributed by atoms with Gasteiger partial charge in [0.25, 0.3) is 0 Å². The van der Waals surface area contributed by atoms with Crippen molar-refractivity contribution in [2.45, 2.75) is 269 Å². The molecule has 0 amide bonds. The van der Waals surface area contributed by atoms with Crippen molar-refractivity contribution in [3.8, 4) is 0 Å². The summed E-state index contributed by atoms with van der Waals surface area (Å²) in [5, 5.41) is 0. The molecule has 0 aliphatic heterocycles. The van der Waals surface area contributed by atoms with Crippen LogP contribution in [-0.4, -0.2) is 31.3 Å². The third-order valence-electron chi connectivity index (χ3n) is 18.6. The van der Waals surface area contributed by atoms with E-state index < -0.39 is 216 Å². The Morgan fingerprint density at radius 1 is 0.273 bits per heavy atom. The molecular weight excluding hydrogens is 1660 g/mol. The second-order valence-corrected chi connectivity index (χ2v) is 33.9. The van der Waals surface area contributed by atoms with Crippen LogP contribution in [-0.2, 0) is 58.9 Å². The van der Waals surface area contributed by atoms with E-state index in [0.717, 1.165) is 25.7 Å². The summed E-state index contributed by atoms with van der Waals surface area (Å²) in [6.45, 7) is 5.59. The first-order chi connectivity index (χ1) is 51.4. The van der Waals surface area contributed by atoms with Crippen LogP contribution in [0.5, 0.6) is 0 Å². The van der Waals surface area contributed by atoms with Crippen LogP contribution in [0.2, 0.25) is 0 Å². The van der Waals surface area contributed by atoms with E-state index in [9.17, 15) is 115 Å². The summed E-state index contributed by atoms with van der Waals surface area (Å²) in [4.78, 5) is 26.6. The predicted octanol–water partition coefficient (Wildman–Crippen LogP) is 24.0. The van der Waals surface area contributed by atoms with Crippen molar-refractivity contribution >= 4 is 62.6 Å². The molecule has 2 aromatic heterocycles. The molecule has 0 unspecified atom stereocenters. The number of carbonyl (C=O) groups excluding carboxylic acids is 2. The first kappa shape index (κ1) is 94.9. The summed E-state index contributed by atoms with van der Waals surface area (Å²) >= 11 is 2.65. The van der Waals surface area contributed by atoms with Crippen molar-refractivity contribution in [3.63, 3.8) is 0 Å². The van der Waals surface area contributed by atoms with Gasteiger partial charge in [0.1, 0.15) is 15.9 Å². The van der Waals surface area contributed by atoms with Crippen molar-refractivity contribution in [2.24, 2.45) is 0 Å². The van der Waals surface area contributed by atoms with Crippen LogP contribution in [0.1, 0.15) is 283 Å². The van der Waals surface area contributed by atoms with Gasteiger partial charge < -0.3 is 9.47 Å². The van der Waals surface area contributed by atoms with Gasteiger partial charge in [0.15, 0.2) is 0 Å². The van der Waals surface area contributed by atoms with Crippen molar-refractivity contribution in [1.29, 1.82) is 0 Å². The maximum Gasteiger partial charge on any atom is 0.416 e. The molecule has 0 fully saturated rings. The molecule has 6 aromatic rings. The topological polar surface area (TPSA) is 52.6 Å². The summed E-state index contributed by atoms with van der Waals surface area (Å²) in [6.07, 6.45) is -12.0. The van der Waals surface area contributed by atoms with Crippen LogP contribution in [0.15, 0.2) is 97.1 Å². The minimum Gasteiger partial charge on any atom is -0.462 e. The highest BCUT2D eigenvalue weighted by Crippen LogP contribution is 2.42. The molecule has 4 aromatic carbocycles. The highest BCUT2D eigenvalue weighted by molar-refractivity contribution is 7.20. The number of ether oxygens (including phenoxy) is 2. The third-order valence-corrected chi connectivity index (χ3v) is 24.5. The monoisotopic (exact) mass is 1750 g/mol. The van der Waals surface area contributed by atoms with Crippen molar-refractivity contribution in [2.75, 3.05) is 13.2 Å². The van der Waals surface area contributed by atoms with Crippen LogP contribution in [0, 0.1) is 5.77 Å². The Kier molecular flexibility index (Phi) is 37.7. The lowest BCUT2D eigenvalue weighted by atomic mass is 9.12. The lowest BCUT2D eigenvalue weighted by Crippen LogP contribution is -3.61. The summed E-state index contributed by atoms with van der Waals surface area (Å²) in [5.74, 6) is -0.397. The smallest absolute Gasteiger partial charge is 0.416 e. The Balaban J connectivity index is 0.000000395. The summed E-state index contributed by atoms with van der Waals surface area (Å²) < 4.78 is 354. The zero-order valence-electron chi connectivity index (χ0n) is 60.8. The zero-order valence-corrected chi connectivity index (χ0v) is 64.5. The van der Waals surface area contributed by atoms with Gasteiger partial charge in [-0.15, -0.1) is 0 Å². The molecule has 0 aliphatic carbocycles. The van der Waals surface area contributed by atoms with Gasteiger partial charge in [0.05, 0.1) is 57.7 Å². The molecule has 0 N–H and O–H groups in total. The molecule has 4 nitrogen and oxygen atoms in total. The van der Waals surface area contributed by atoms with Gasteiger partial charge in [-0.25, -0.2) is 9.59 Å². The molecule has 2 heterocycles. The number of esters is 2. The number of unbranched alkanes of at least 4 members (excludes halogenated alkanes) is 30. The Morgan fingerprint density at radius 3 is 0.618 bits per heavy atom. The van der Waals surface area contributed by atoms with E-state index in [2.05, 4.69) is 26.0 Å². The maximum atomic E-state index is 14.2. The molecule has 616 valence electrons. The van der Waals surface area contributed by atoms with Gasteiger partial charge in [-0.3, -0.25) is 0 Å². The lowest BCUT2D eigenvalue weighted by Gasteiger charge is -2.46. The Hall–Kier alpha value is -5.67. The van der Waals surface area contributed by atoms with Crippen molar-refractivity contribution in [1.82, 2.24) is 0 Å². The number of hydrogen-bond donors (Lipinski definition) is 0. The standard InChI is InChI=1S/C46H78IO4S2.C32H12BF24/c1-3-5-7-9-11-13-15-17-19-21-23-25-27-29-31-33-39-50-45(48)41-35-37-43(52-41)47-44-38-36-42(53-44)46(49)51-40-34-32-30-28-26-24-22-20-18-16-14-12-10-8-6-4-2;34-25(35,36)13-1-14(26(37,38)39)6-21(5-13)33(22-7-15(27(40,41)42)2-16(8-22)28(43,44)45,23-9-17(29(46,47)48)3-18(10-23)30(49,50)51)24-11-19(31(52,53)54)4-20(12-24)32(55,56)57/h35-38H,3-34,39-40H2,1-2H3;1-12H/q+1;-1. The largest absolute Gasteiger partial charge is 0.462 e. The van der Waals surface area contributed by atoms with Crippen molar-refractivity contribution < 1.29 is 146 Å². The molecule has 32 heteroatoms. The number of alkyl halides is 24. The van der Waals surface area contributed by atoms with Crippen LogP contribution in [0.25, 0.3) is 0 Å². The molecule has 0 spiro atoms. The zero-order chi connectivity index (χ0) is 81.8. The second kappa shape index (κ2) is 43.7. The third kappa shape index (κ3) is 31.6. The number of halogens is 25. The highest BCUT2D eigenvalue weighted by Gasteiger charge is 2.47. The normalized spacial score (nSPS) is 12.9. The van der Waals surface area contributed by atoms with Crippen LogP contribution >= 0.6 is 22.7 Å². The first-order valence-electron chi connectivity index (χ1n) is 36.9. The molecule has 0 bridgehead atoms.